The summed E-state index contributed by atoms with van der Waals surface area (Å²) in [6.45, 7) is 2.92. The highest BCUT2D eigenvalue weighted by Gasteiger charge is 2.09. The number of aromatic nitrogens is 5. The van der Waals surface area contributed by atoms with Gasteiger partial charge in [0.1, 0.15) is 6.33 Å². The number of rotatable bonds is 5. The van der Waals surface area contributed by atoms with E-state index in [1.807, 2.05) is 13.2 Å². The van der Waals surface area contributed by atoms with Crippen LogP contribution in [0.4, 0.5) is 0 Å². The average molecular weight is 232 g/mol. The third kappa shape index (κ3) is 2.65. The van der Waals surface area contributed by atoms with Gasteiger partial charge in [0.2, 0.25) is 0 Å². The van der Waals surface area contributed by atoms with Crippen LogP contribution in [0.25, 0.3) is 11.6 Å². The maximum Gasteiger partial charge on any atom is 0.197 e. The second-order valence-corrected chi connectivity index (χ2v) is 3.78. The van der Waals surface area contributed by atoms with Crippen molar-refractivity contribution in [2.45, 2.75) is 26.3 Å². The maximum atomic E-state index is 4.54. The molecule has 0 atom stereocenters. The normalized spacial score (nSPS) is 10.7. The van der Waals surface area contributed by atoms with Crippen LogP contribution in [0, 0.1) is 0 Å². The Morgan fingerprint density at radius 3 is 2.88 bits per heavy atom. The zero-order valence-electron chi connectivity index (χ0n) is 10.1. The summed E-state index contributed by atoms with van der Waals surface area (Å²) in [4.78, 5) is 12.9. The van der Waals surface area contributed by atoms with Crippen LogP contribution >= 0.6 is 0 Å². The van der Waals surface area contributed by atoms with E-state index in [0.29, 0.717) is 11.6 Å². The molecule has 0 saturated carbocycles. The number of nitrogens with one attached hydrogen (secondary N) is 2. The van der Waals surface area contributed by atoms with Crippen LogP contribution in [0.1, 0.15) is 24.6 Å². The SMILES string of the molecule is CCCc1nc(-c2ncn[nH]2)ncc1CNC. The molecule has 0 radical (unpaired) electrons. The zero-order chi connectivity index (χ0) is 12.1. The molecule has 2 heterocycles. The molecule has 2 N–H and O–H groups in total. The van der Waals surface area contributed by atoms with Crippen molar-refractivity contribution in [3.8, 4) is 11.6 Å². The van der Waals surface area contributed by atoms with E-state index >= 15 is 0 Å². The Morgan fingerprint density at radius 1 is 1.35 bits per heavy atom. The summed E-state index contributed by atoms with van der Waals surface area (Å²) in [6.07, 6.45) is 5.32. The van der Waals surface area contributed by atoms with Crippen LogP contribution in [0.3, 0.4) is 0 Å². The Hall–Kier alpha value is -1.82. The highest BCUT2D eigenvalue weighted by molar-refractivity contribution is 5.42. The molecule has 0 bridgehead atoms. The standard InChI is InChI=1S/C11H16N6/c1-3-4-9-8(5-12-2)6-13-10(16-9)11-14-7-15-17-11/h6-7,12H,3-5H2,1-2H3,(H,14,15,17). The van der Waals surface area contributed by atoms with Crippen LogP contribution < -0.4 is 5.32 Å². The number of aryl methyl sites for hydroxylation is 1. The van der Waals surface area contributed by atoms with Gasteiger partial charge in [-0.2, -0.15) is 5.10 Å². The lowest BCUT2D eigenvalue weighted by atomic mass is 10.1. The third-order valence-corrected chi connectivity index (χ3v) is 2.44. The molecule has 17 heavy (non-hydrogen) atoms. The number of hydrogen-bond donors (Lipinski definition) is 2. The molecule has 0 aromatic carbocycles. The van der Waals surface area contributed by atoms with Gasteiger partial charge in [-0.1, -0.05) is 13.3 Å². The van der Waals surface area contributed by atoms with Crippen LogP contribution in [-0.2, 0) is 13.0 Å². The summed E-state index contributed by atoms with van der Waals surface area (Å²) in [5.74, 6) is 1.21. The monoisotopic (exact) mass is 232 g/mol. The summed E-state index contributed by atoms with van der Waals surface area (Å²) in [7, 11) is 1.92. The highest BCUT2D eigenvalue weighted by Crippen LogP contribution is 2.13. The van der Waals surface area contributed by atoms with Crippen molar-refractivity contribution in [2.24, 2.45) is 0 Å². The van der Waals surface area contributed by atoms with E-state index in [1.165, 1.54) is 6.33 Å². The number of aromatic amines is 1. The number of nitrogens with zero attached hydrogens (tertiary/aromatic N) is 4. The molecule has 0 aliphatic rings. The first-order valence-corrected chi connectivity index (χ1v) is 5.70. The van der Waals surface area contributed by atoms with E-state index in [9.17, 15) is 0 Å². The van der Waals surface area contributed by atoms with Crippen molar-refractivity contribution in [1.82, 2.24) is 30.5 Å². The molecule has 0 fully saturated rings. The van der Waals surface area contributed by atoms with Gasteiger partial charge in [0, 0.05) is 24.0 Å². The Bertz CT molecular complexity index is 465. The van der Waals surface area contributed by atoms with Gasteiger partial charge in [0.25, 0.3) is 0 Å². The summed E-state index contributed by atoms with van der Waals surface area (Å²) in [5.41, 5.74) is 2.21. The van der Waals surface area contributed by atoms with Crippen molar-refractivity contribution >= 4 is 0 Å². The first-order chi connectivity index (χ1) is 8.35. The van der Waals surface area contributed by atoms with Gasteiger partial charge >= 0.3 is 0 Å². The Labute approximate surface area is 99.9 Å². The Morgan fingerprint density at radius 2 is 2.24 bits per heavy atom. The predicted molar refractivity (Wildman–Crippen MR) is 64.2 cm³/mol. The number of hydrogen-bond acceptors (Lipinski definition) is 5. The molecular formula is C11H16N6. The molecule has 6 heteroatoms. The Balaban J connectivity index is 2.34. The fraction of sp³-hybridized carbons (Fsp3) is 0.455. The van der Waals surface area contributed by atoms with Gasteiger partial charge in [0.15, 0.2) is 11.6 Å². The van der Waals surface area contributed by atoms with Crippen molar-refractivity contribution in [1.29, 1.82) is 0 Å². The first kappa shape index (κ1) is 11.7. The highest BCUT2D eigenvalue weighted by atomic mass is 15.2. The van der Waals surface area contributed by atoms with Crippen LogP contribution in [0.5, 0.6) is 0 Å². The minimum atomic E-state index is 0.603. The topological polar surface area (TPSA) is 79.4 Å². The van der Waals surface area contributed by atoms with Crippen molar-refractivity contribution in [3.63, 3.8) is 0 Å². The molecule has 2 aromatic heterocycles. The van der Waals surface area contributed by atoms with E-state index in [-0.39, 0.29) is 0 Å². The van der Waals surface area contributed by atoms with E-state index in [4.69, 9.17) is 0 Å². The van der Waals surface area contributed by atoms with Crippen LogP contribution in [0.15, 0.2) is 12.5 Å². The summed E-state index contributed by atoms with van der Waals surface area (Å²) in [6, 6.07) is 0. The van der Waals surface area contributed by atoms with E-state index in [2.05, 4.69) is 37.4 Å². The lowest BCUT2D eigenvalue weighted by Gasteiger charge is -2.07. The quantitative estimate of drug-likeness (QED) is 0.801. The summed E-state index contributed by atoms with van der Waals surface area (Å²) < 4.78 is 0. The maximum absolute atomic E-state index is 4.54. The molecule has 0 amide bonds. The van der Waals surface area contributed by atoms with Crippen molar-refractivity contribution in [3.05, 3.63) is 23.8 Å². The summed E-state index contributed by atoms with van der Waals surface area (Å²) >= 11 is 0. The smallest absolute Gasteiger partial charge is 0.197 e. The number of H-pyrrole nitrogens is 1. The van der Waals surface area contributed by atoms with E-state index in [0.717, 1.165) is 30.6 Å². The molecule has 0 aliphatic carbocycles. The van der Waals surface area contributed by atoms with Gasteiger partial charge in [-0.15, -0.1) is 0 Å². The van der Waals surface area contributed by atoms with Crippen molar-refractivity contribution in [2.75, 3.05) is 7.05 Å². The van der Waals surface area contributed by atoms with Gasteiger partial charge in [0.05, 0.1) is 0 Å². The lowest BCUT2D eigenvalue weighted by Crippen LogP contribution is -2.10. The van der Waals surface area contributed by atoms with Gasteiger partial charge in [-0.05, 0) is 13.5 Å². The van der Waals surface area contributed by atoms with Crippen LogP contribution in [0.2, 0.25) is 0 Å². The fourth-order valence-corrected chi connectivity index (χ4v) is 1.66. The molecule has 6 nitrogen and oxygen atoms in total. The van der Waals surface area contributed by atoms with Gasteiger partial charge < -0.3 is 5.32 Å². The van der Waals surface area contributed by atoms with Crippen LogP contribution in [-0.4, -0.2) is 32.2 Å². The molecule has 0 saturated heterocycles. The van der Waals surface area contributed by atoms with Gasteiger partial charge in [-0.25, -0.2) is 15.0 Å². The molecule has 2 aromatic rings. The largest absolute Gasteiger partial charge is 0.316 e. The fourth-order valence-electron chi connectivity index (χ4n) is 1.66. The first-order valence-electron chi connectivity index (χ1n) is 5.70. The minimum Gasteiger partial charge on any atom is -0.316 e. The predicted octanol–water partition coefficient (Wildman–Crippen LogP) is 0.934. The van der Waals surface area contributed by atoms with Crippen molar-refractivity contribution < 1.29 is 0 Å². The third-order valence-electron chi connectivity index (χ3n) is 2.44. The second kappa shape index (κ2) is 5.49. The molecule has 0 spiro atoms. The van der Waals surface area contributed by atoms with Gasteiger partial charge in [-0.3, -0.25) is 5.10 Å². The minimum absolute atomic E-state index is 0.603. The average Bonchev–Trinajstić information content (AvgIpc) is 2.85. The molecule has 90 valence electrons. The second-order valence-electron chi connectivity index (χ2n) is 3.78. The van der Waals surface area contributed by atoms with E-state index < -0.39 is 0 Å². The zero-order valence-corrected chi connectivity index (χ0v) is 10.1. The van der Waals surface area contributed by atoms with E-state index in [1.54, 1.807) is 0 Å². The summed E-state index contributed by atoms with van der Waals surface area (Å²) in [5, 5.41) is 9.70. The molecule has 0 aliphatic heterocycles. The lowest BCUT2D eigenvalue weighted by molar-refractivity contribution is 0.768. The molecule has 2 rings (SSSR count). The molecule has 0 unspecified atom stereocenters. The molecular weight excluding hydrogens is 216 g/mol. The Kier molecular flexibility index (Phi) is 3.77.